The molecular weight excluding hydrogens is 360 g/mol. The summed E-state index contributed by atoms with van der Waals surface area (Å²) in [6, 6.07) is 27.0. The molecule has 2 unspecified atom stereocenters. The maximum atomic E-state index is 12.9. The first kappa shape index (κ1) is 18.0. The first-order valence-corrected chi connectivity index (χ1v) is 10.1. The Morgan fingerprint density at radius 3 is 2.41 bits per heavy atom. The fourth-order valence-electron chi connectivity index (χ4n) is 4.80. The van der Waals surface area contributed by atoms with Gasteiger partial charge in [-0.25, -0.2) is 0 Å². The number of benzene rings is 3. The summed E-state index contributed by atoms with van der Waals surface area (Å²) in [4.78, 5) is 17.6. The Morgan fingerprint density at radius 1 is 0.931 bits per heavy atom. The smallest absolute Gasteiger partial charge is 0.323 e. The molecule has 29 heavy (non-hydrogen) atoms. The van der Waals surface area contributed by atoms with Crippen LogP contribution >= 0.6 is 0 Å². The molecule has 0 saturated carbocycles. The van der Waals surface area contributed by atoms with Crippen molar-refractivity contribution in [2.45, 2.75) is 18.6 Å². The lowest BCUT2D eigenvalue weighted by molar-refractivity contribution is -0.147. The minimum Gasteiger partial charge on any atom is -0.468 e. The Hall–Kier alpha value is -3.11. The van der Waals surface area contributed by atoms with Crippen molar-refractivity contribution < 1.29 is 9.53 Å². The number of carbonyl (C=O) groups is 1. The molecule has 146 valence electrons. The number of anilines is 1. The molecule has 0 spiro atoms. The van der Waals surface area contributed by atoms with Gasteiger partial charge in [0.15, 0.2) is 0 Å². The number of methoxy groups -OCH3 is 1. The minimum atomic E-state index is -0.323. The second-order valence-electron chi connectivity index (χ2n) is 7.64. The molecule has 1 fully saturated rings. The third-order valence-electron chi connectivity index (χ3n) is 6.10. The van der Waals surface area contributed by atoms with Gasteiger partial charge in [-0.1, -0.05) is 72.8 Å². The Kier molecular flexibility index (Phi) is 4.57. The van der Waals surface area contributed by atoms with Crippen molar-refractivity contribution in [1.29, 1.82) is 0 Å². The van der Waals surface area contributed by atoms with E-state index < -0.39 is 0 Å². The number of fused-ring (bicyclic) bond motifs is 6. The fourth-order valence-corrected chi connectivity index (χ4v) is 4.80. The van der Waals surface area contributed by atoms with Gasteiger partial charge in [0.25, 0.3) is 0 Å². The van der Waals surface area contributed by atoms with E-state index in [2.05, 4.69) is 70.5 Å². The summed E-state index contributed by atoms with van der Waals surface area (Å²) in [5.74, 6) is -0.174. The number of para-hydroxylation sites is 1. The van der Waals surface area contributed by atoms with Gasteiger partial charge in [-0.3, -0.25) is 9.69 Å². The highest BCUT2D eigenvalue weighted by atomic mass is 16.5. The van der Waals surface area contributed by atoms with Crippen molar-refractivity contribution in [2.24, 2.45) is 0 Å². The second-order valence-corrected chi connectivity index (χ2v) is 7.64. The lowest BCUT2D eigenvalue weighted by Gasteiger charge is -2.40. The molecule has 4 nitrogen and oxygen atoms in total. The molecule has 0 bridgehead atoms. The summed E-state index contributed by atoms with van der Waals surface area (Å²) >= 11 is 0. The molecule has 1 saturated heterocycles. The summed E-state index contributed by atoms with van der Waals surface area (Å²) in [5.41, 5.74) is 6.15. The molecule has 0 aromatic heterocycles. The average Bonchev–Trinajstić information content (AvgIpc) is 3.23. The van der Waals surface area contributed by atoms with E-state index in [9.17, 15) is 4.79 Å². The van der Waals surface area contributed by atoms with Crippen LogP contribution in [0.25, 0.3) is 11.1 Å². The lowest BCUT2D eigenvalue weighted by Crippen LogP contribution is -2.45. The largest absolute Gasteiger partial charge is 0.468 e. The molecule has 2 heterocycles. The number of rotatable bonds is 4. The highest BCUT2D eigenvalue weighted by Gasteiger charge is 2.44. The van der Waals surface area contributed by atoms with Gasteiger partial charge >= 0.3 is 5.97 Å². The van der Waals surface area contributed by atoms with Crippen LogP contribution < -0.4 is 4.90 Å². The number of carbonyl (C=O) groups excluding carboxylic acids is 1. The molecule has 2 aliphatic heterocycles. The molecule has 0 amide bonds. The van der Waals surface area contributed by atoms with Crippen LogP contribution in [0.5, 0.6) is 0 Å². The molecule has 0 radical (unpaired) electrons. The zero-order chi connectivity index (χ0) is 19.8. The molecule has 0 aliphatic carbocycles. The van der Waals surface area contributed by atoms with E-state index in [0.29, 0.717) is 6.42 Å². The average molecular weight is 384 g/mol. The zero-order valence-electron chi connectivity index (χ0n) is 16.5. The quantitative estimate of drug-likeness (QED) is 0.629. The van der Waals surface area contributed by atoms with E-state index in [-0.39, 0.29) is 18.2 Å². The van der Waals surface area contributed by atoms with Gasteiger partial charge in [-0.05, 0) is 29.2 Å². The first-order chi connectivity index (χ1) is 14.3. The SMILES string of the molecule is COC(=O)C(Cc1ccccc1)N1CCN2c3ccccc3-c3ccccc3C21. The van der Waals surface area contributed by atoms with Crippen molar-refractivity contribution in [3.8, 4) is 11.1 Å². The molecule has 3 aromatic rings. The molecule has 4 heteroatoms. The van der Waals surface area contributed by atoms with Crippen molar-refractivity contribution in [3.63, 3.8) is 0 Å². The predicted octanol–water partition coefficient (Wildman–Crippen LogP) is 4.27. The van der Waals surface area contributed by atoms with Crippen molar-refractivity contribution >= 4 is 11.7 Å². The zero-order valence-corrected chi connectivity index (χ0v) is 16.5. The van der Waals surface area contributed by atoms with Crippen LogP contribution in [0, 0.1) is 0 Å². The molecule has 2 aliphatic rings. The van der Waals surface area contributed by atoms with E-state index in [4.69, 9.17) is 4.74 Å². The van der Waals surface area contributed by atoms with Crippen LogP contribution in [0.3, 0.4) is 0 Å². The van der Waals surface area contributed by atoms with Gasteiger partial charge in [0.2, 0.25) is 0 Å². The summed E-state index contributed by atoms with van der Waals surface area (Å²) in [6.45, 7) is 1.71. The van der Waals surface area contributed by atoms with Gasteiger partial charge in [-0.2, -0.15) is 0 Å². The van der Waals surface area contributed by atoms with Crippen molar-refractivity contribution in [3.05, 3.63) is 90.0 Å². The van der Waals surface area contributed by atoms with E-state index in [0.717, 1.165) is 18.7 Å². The number of nitrogens with zero attached hydrogens (tertiary/aromatic N) is 2. The van der Waals surface area contributed by atoms with Crippen LogP contribution in [-0.4, -0.2) is 37.1 Å². The van der Waals surface area contributed by atoms with Crippen LogP contribution in [0.1, 0.15) is 17.3 Å². The van der Waals surface area contributed by atoms with Crippen molar-refractivity contribution in [2.75, 3.05) is 25.1 Å². The maximum Gasteiger partial charge on any atom is 0.323 e. The highest BCUT2D eigenvalue weighted by Crippen LogP contribution is 2.48. The van der Waals surface area contributed by atoms with E-state index in [1.54, 1.807) is 0 Å². The maximum absolute atomic E-state index is 12.9. The Bertz CT molecular complexity index is 1030. The van der Waals surface area contributed by atoms with Crippen LogP contribution in [0.2, 0.25) is 0 Å². The summed E-state index contributed by atoms with van der Waals surface area (Å²) in [5, 5.41) is 0. The summed E-state index contributed by atoms with van der Waals surface area (Å²) in [6.07, 6.45) is 0.677. The Morgan fingerprint density at radius 2 is 1.62 bits per heavy atom. The summed E-state index contributed by atoms with van der Waals surface area (Å²) < 4.78 is 5.24. The van der Waals surface area contributed by atoms with Crippen LogP contribution in [-0.2, 0) is 16.0 Å². The van der Waals surface area contributed by atoms with Gasteiger partial charge in [0.05, 0.1) is 7.11 Å². The standard InChI is InChI=1S/C25H24N2O2/c1-29-25(28)23(17-18-9-3-2-4-10-18)27-16-15-26-22-14-8-7-12-20(22)19-11-5-6-13-21(19)24(26)27/h2-14,23-24H,15-17H2,1H3. The number of hydrogen-bond donors (Lipinski definition) is 0. The van der Waals surface area contributed by atoms with Gasteiger partial charge in [0, 0.05) is 24.3 Å². The fraction of sp³-hybridized carbons (Fsp3) is 0.240. The third kappa shape index (κ3) is 3.00. The number of ether oxygens (including phenoxy) is 1. The number of hydrogen-bond acceptors (Lipinski definition) is 4. The normalized spacial score (nSPS) is 18.5. The second kappa shape index (κ2) is 7.37. The lowest BCUT2D eigenvalue weighted by atomic mass is 9.91. The van der Waals surface area contributed by atoms with Crippen molar-refractivity contribution in [1.82, 2.24) is 4.90 Å². The summed E-state index contributed by atoms with van der Waals surface area (Å²) in [7, 11) is 1.48. The predicted molar refractivity (Wildman–Crippen MR) is 115 cm³/mol. The Labute approximate surface area is 171 Å². The van der Waals surface area contributed by atoms with Gasteiger partial charge < -0.3 is 9.64 Å². The highest BCUT2D eigenvalue weighted by molar-refractivity contribution is 5.85. The van der Waals surface area contributed by atoms with Crippen LogP contribution in [0.4, 0.5) is 5.69 Å². The molecule has 2 atom stereocenters. The number of esters is 1. The molecule has 0 N–H and O–H groups in total. The third-order valence-corrected chi connectivity index (χ3v) is 6.10. The van der Waals surface area contributed by atoms with E-state index >= 15 is 0 Å². The molecular formula is C25H24N2O2. The monoisotopic (exact) mass is 384 g/mol. The van der Waals surface area contributed by atoms with E-state index in [1.165, 1.54) is 29.5 Å². The van der Waals surface area contributed by atoms with E-state index in [1.807, 2.05) is 18.2 Å². The minimum absolute atomic E-state index is 0.0360. The Balaban J connectivity index is 1.58. The molecule has 3 aromatic carbocycles. The molecule has 5 rings (SSSR count). The van der Waals surface area contributed by atoms with Crippen LogP contribution in [0.15, 0.2) is 78.9 Å². The van der Waals surface area contributed by atoms with Gasteiger partial charge in [-0.15, -0.1) is 0 Å². The topological polar surface area (TPSA) is 32.8 Å². The van der Waals surface area contributed by atoms with Gasteiger partial charge in [0.1, 0.15) is 12.2 Å². The first-order valence-electron chi connectivity index (χ1n) is 10.1.